The van der Waals surface area contributed by atoms with E-state index in [9.17, 15) is 4.79 Å². The highest BCUT2D eigenvalue weighted by Crippen LogP contribution is 2.31. The fraction of sp³-hybridized carbons (Fsp3) is 0.306. The smallest absolute Gasteiger partial charge is 0.305 e. The van der Waals surface area contributed by atoms with Crippen LogP contribution < -0.4 is 0 Å². The predicted octanol–water partition coefficient (Wildman–Crippen LogP) is 6.25. The number of carbonyl (C=O) groups is 1. The van der Waals surface area contributed by atoms with E-state index in [-0.39, 0.29) is 13.2 Å². The third-order valence-electron chi connectivity index (χ3n) is 7.12. The molecule has 5 atom stereocenters. The van der Waals surface area contributed by atoms with E-state index < -0.39 is 36.7 Å². The summed E-state index contributed by atoms with van der Waals surface area (Å²) in [6, 6.07) is 39.6. The largest absolute Gasteiger partial charge is 0.433 e. The molecule has 7 nitrogen and oxygen atoms in total. The molecule has 4 aromatic rings. The topological polar surface area (TPSA) is 72.5 Å². The highest BCUT2D eigenvalue weighted by atomic mass is 16.7. The Morgan fingerprint density at radius 1 is 0.558 bits per heavy atom. The Hall–Kier alpha value is -3.85. The molecule has 0 spiro atoms. The van der Waals surface area contributed by atoms with Crippen LogP contribution in [0, 0.1) is 0 Å². The SMILES string of the molecule is CC(=O)OC1O[C@@H](COCc2ccccc2)[C@H](OCc2ccccc2)[C@@H](OCc2ccccc2)[C@@H]1OCc1ccccc1. The van der Waals surface area contributed by atoms with Gasteiger partial charge < -0.3 is 28.4 Å². The molecular weight excluding hydrogens is 544 g/mol. The van der Waals surface area contributed by atoms with Crippen LogP contribution in [-0.4, -0.2) is 43.3 Å². The molecule has 0 aliphatic carbocycles. The molecule has 1 heterocycles. The first kappa shape index (κ1) is 30.6. The van der Waals surface area contributed by atoms with Crippen LogP contribution in [0.2, 0.25) is 0 Å². The van der Waals surface area contributed by atoms with Crippen molar-refractivity contribution in [2.45, 2.75) is 64.1 Å². The van der Waals surface area contributed by atoms with Crippen molar-refractivity contribution in [1.29, 1.82) is 0 Å². The van der Waals surface area contributed by atoms with Gasteiger partial charge in [0.05, 0.1) is 33.0 Å². The van der Waals surface area contributed by atoms with Crippen molar-refractivity contribution in [1.82, 2.24) is 0 Å². The molecule has 0 N–H and O–H groups in total. The summed E-state index contributed by atoms with van der Waals surface area (Å²) in [5.74, 6) is -0.479. The van der Waals surface area contributed by atoms with Crippen LogP contribution in [0.25, 0.3) is 0 Å². The van der Waals surface area contributed by atoms with Gasteiger partial charge >= 0.3 is 5.97 Å². The number of ether oxygens (including phenoxy) is 6. The minimum absolute atomic E-state index is 0.197. The zero-order valence-corrected chi connectivity index (χ0v) is 24.3. The number of esters is 1. The minimum atomic E-state index is -1.02. The molecule has 1 aliphatic rings. The van der Waals surface area contributed by atoms with Gasteiger partial charge in [-0.1, -0.05) is 121 Å². The summed E-state index contributed by atoms with van der Waals surface area (Å²) in [6.07, 6.45) is -3.62. The molecular formula is C36H38O7. The van der Waals surface area contributed by atoms with E-state index in [1.807, 2.05) is 121 Å². The number of benzene rings is 4. The molecule has 0 amide bonds. The van der Waals surface area contributed by atoms with Gasteiger partial charge in [0, 0.05) is 6.92 Å². The molecule has 4 aromatic carbocycles. The van der Waals surface area contributed by atoms with Crippen molar-refractivity contribution in [2.75, 3.05) is 6.61 Å². The Morgan fingerprint density at radius 2 is 0.953 bits per heavy atom. The molecule has 1 unspecified atom stereocenters. The zero-order valence-electron chi connectivity index (χ0n) is 24.3. The lowest BCUT2D eigenvalue weighted by atomic mass is 9.97. The maximum atomic E-state index is 12.3. The fourth-order valence-electron chi connectivity index (χ4n) is 5.01. The van der Waals surface area contributed by atoms with Crippen molar-refractivity contribution in [3.05, 3.63) is 144 Å². The first-order chi connectivity index (χ1) is 21.2. The van der Waals surface area contributed by atoms with Crippen molar-refractivity contribution in [3.63, 3.8) is 0 Å². The number of hydrogen-bond donors (Lipinski definition) is 0. The van der Waals surface area contributed by atoms with E-state index in [2.05, 4.69) is 0 Å². The average molecular weight is 583 g/mol. The summed E-state index contributed by atoms with van der Waals surface area (Å²) in [6.45, 7) is 2.87. The number of rotatable bonds is 14. The van der Waals surface area contributed by atoms with Gasteiger partial charge in [-0.15, -0.1) is 0 Å². The summed E-state index contributed by atoms with van der Waals surface area (Å²) in [7, 11) is 0. The quantitative estimate of drug-likeness (QED) is 0.163. The molecule has 0 radical (unpaired) electrons. The van der Waals surface area contributed by atoms with Crippen LogP contribution in [0.3, 0.4) is 0 Å². The highest BCUT2D eigenvalue weighted by Gasteiger charge is 2.50. The summed E-state index contributed by atoms with van der Waals surface area (Å²) >= 11 is 0. The lowest BCUT2D eigenvalue weighted by Crippen LogP contribution is -2.62. The van der Waals surface area contributed by atoms with Crippen molar-refractivity contribution in [3.8, 4) is 0 Å². The second-order valence-corrected chi connectivity index (χ2v) is 10.4. The first-order valence-corrected chi connectivity index (χ1v) is 14.6. The van der Waals surface area contributed by atoms with Crippen LogP contribution in [0.15, 0.2) is 121 Å². The molecule has 0 aromatic heterocycles. The Balaban J connectivity index is 1.42. The minimum Gasteiger partial charge on any atom is -0.433 e. The van der Waals surface area contributed by atoms with Gasteiger partial charge in [0.1, 0.15) is 24.4 Å². The highest BCUT2D eigenvalue weighted by molar-refractivity contribution is 5.66. The van der Waals surface area contributed by atoms with Gasteiger partial charge in [0.25, 0.3) is 0 Å². The first-order valence-electron chi connectivity index (χ1n) is 14.6. The molecule has 1 saturated heterocycles. The van der Waals surface area contributed by atoms with Gasteiger partial charge in [-0.05, 0) is 22.3 Å². The maximum Gasteiger partial charge on any atom is 0.305 e. The van der Waals surface area contributed by atoms with Gasteiger partial charge in [-0.3, -0.25) is 4.79 Å². The van der Waals surface area contributed by atoms with Gasteiger partial charge in [-0.25, -0.2) is 0 Å². The summed E-state index contributed by atoms with van der Waals surface area (Å²) < 4.78 is 37.9. The zero-order chi connectivity index (χ0) is 29.7. The molecule has 0 bridgehead atoms. The molecule has 0 saturated carbocycles. The Morgan fingerprint density at radius 3 is 1.40 bits per heavy atom. The van der Waals surface area contributed by atoms with E-state index in [1.54, 1.807) is 0 Å². The second-order valence-electron chi connectivity index (χ2n) is 10.4. The van der Waals surface area contributed by atoms with E-state index in [0.29, 0.717) is 19.8 Å². The molecule has 1 fully saturated rings. The monoisotopic (exact) mass is 582 g/mol. The average Bonchev–Trinajstić information content (AvgIpc) is 3.04. The number of hydrogen-bond acceptors (Lipinski definition) is 7. The van der Waals surface area contributed by atoms with Crippen LogP contribution >= 0.6 is 0 Å². The van der Waals surface area contributed by atoms with Crippen molar-refractivity contribution in [2.24, 2.45) is 0 Å². The van der Waals surface area contributed by atoms with Crippen LogP contribution in [-0.2, 0) is 59.6 Å². The van der Waals surface area contributed by atoms with Crippen LogP contribution in [0.5, 0.6) is 0 Å². The van der Waals surface area contributed by atoms with E-state index in [4.69, 9.17) is 28.4 Å². The third kappa shape index (κ3) is 9.32. The second kappa shape index (κ2) is 16.1. The Bertz CT molecular complexity index is 1350. The van der Waals surface area contributed by atoms with E-state index in [0.717, 1.165) is 22.3 Å². The standard InChI is InChI=1S/C36H38O7/c1-27(37)42-36-35(41-25-31-20-12-5-13-21-31)34(40-24-30-18-10-4-11-19-30)33(39-23-29-16-8-3-9-17-29)32(43-36)26-38-22-28-14-6-2-7-15-28/h2-21,32-36H,22-26H2,1H3/t32-,33-,34+,35-,36?/m0/s1. The third-order valence-corrected chi connectivity index (χ3v) is 7.12. The lowest BCUT2D eigenvalue weighted by molar-refractivity contribution is -0.320. The molecule has 5 rings (SSSR count). The van der Waals surface area contributed by atoms with E-state index in [1.165, 1.54) is 6.92 Å². The lowest BCUT2D eigenvalue weighted by Gasteiger charge is -2.45. The summed E-state index contributed by atoms with van der Waals surface area (Å²) in [5.41, 5.74) is 4.02. The van der Waals surface area contributed by atoms with Crippen molar-refractivity contribution >= 4 is 5.97 Å². The van der Waals surface area contributed by atoms with Gasteiger partial charge in [-0.2, -0.15) is 0 Å². The maximum absolute atomic E-state index is 12.3. The fourth-order valence-corrected chi connectivity index (χ4v) is 5.01. The molecule has 1 aliphatic heterocycles. The van der Waals surface area contributed by atoms with Gasteiger partial charge in [0.2, 0.25) is 6.29 Å². The van der Waals surface area contributed by atoms with Crippen LogP contribution in [0.1, 0.15) is 29.2 Å². The Kier molecular flexibility index (Phi) is 11.5. The van der Waals surface area contributed by atoms with Crippen LogP contribution in [0.4, 0.5) is 0 Å². The number of carbonyl (C=O) groups excluding carboxylic acids is 1. The molecule has 7 heteroatoms. The van der Waals surface area contributed by atoms with Crippen molar-refractivity contribution < 1.29 is 33.2 Å². The molecule has 43 heavy (non-hydrogen) atoms. The summed E-state index contributed by atoms with van der Waals surface area (Å²) in [5, 5.41) is 0. The normalized spacial score (nSPS) is 21.7. The van der Waals surface area contributed by atoms with Gasteiger partial charge in [0.15, 0.2) is 0 Å². The molecule has 224 valence electrons. The predicted molar refractivity (Wildman–Crippen MR) is 162 cm³/mol. The summed E-state index contributed by atoms with van der Waals surface area (Å²) in [4.78, 5) is 12.3. The Labute approximate surface area is 253 Å². The van der Waals surface area contributed by atoms with E-state index >= 15 is 0 Å².